The number of nitrogens with one attached hydrogen (secondary N) is 2. The summed E-state index contributed by atoms with van der Waals surface area (Å²) in [6.45, 7) is -0.00390. The number of halogens is 3. The summed E-state index contributed by atoms with van der Waals surface area (Å²) in [7, 11) is -4.09. The molecule has 9 nitrogen and oxygen atoms in total. The van der Waals surface area contributed by atoms with Crippen molar-refractivity contribution in [3.8, 4) is 0 Å². The lowest BCUT2D eigenvalue weighted by Gasteiger charge is -2.32. The van der Waals surface area contributed by atoms with Gasteiger partial charge in [-0.25, -0.2) is 17.9 Å². The average Bonchev–Trinajstić information content (AvgIpc) is 3.33. The fourth-order valence-corrected chi connectivity index (χ4v) is 6.18. The zero-order valence-corrected chi connectivity index (χ0v) is 21.6. The predicted octanol–water partition coefficient (Wildman–Crippen LogP) is 4.04. The SMILES string of the molecule is O=C(NS(=O)(=O)c1ccccc1)c1ccc(NC(=O)[C@@H]2[C@H](C3CCCCC3)CCN2OC(=O)C(F)(F)F)cc1. The van der Waals surface area contributed by atoms with Gasteiger partial charge in [0.15, 0.2) is 0 Å². The fourth-order valence-electron chi connectivity index (χ4n) is 5.19. The molecule has 4 rings (SSSR count). The number of nitrogens with zero attached hydrogens (tertiary/aromatic N) is 1. The molecule has 2 aliphatic rings. The number of alkyl halides is 3. The Balaban J connectivity index is 1.46. The van der Waals surface area contributed by atoms with Crippen LogP contribution in [0.5, 0.6) is 0 Å². The van der Waals surface area contributed by atoms with Crippen molar-refractivity contribution in [3.05, 3.63) is 60.2 Å². The maximum atomic E-state index is 13.3. The van der Waals surface area contributed by atoms with Gasteiger partial charge in [-0.05, 0) is 54.7 Å². The Labute approximate surface area is 223 Å². The molecule has 2 aromatic carbocycles. The van der Waals surface area contributed by atoms with Crippen LogP contribution in [0.15, 0.2) is 59.5 Å². The first-order valence-electron chi connectivity index (χ1n) is 12.5. The number of rotatable bonds is 7. The minimum absolute atomic E-state index is 0.00390. The summed E-state index contributed by atoms with van der Waals surface area (Å²) in [6, 6.07) is 11.6. The Kier molecular flexibility index (Phi) is 8.60. The van der Waals surface area contributed by atoms with Crippen molar-refractivity contribution in [1.82, 2.24) is 9.79 Å². The van der Waals surface area contributed by atoms with Crippen molar-refractivity contribution < 1.29 is 40.8 Å². The summed E-state index contributed by atoms with van der Waals surface area (Å²) < 4.78 is 65.4. The van der Waals surface area contributed by atoms with Gasteiger partial charge in [-0.15, -0.1) is 5.06 Å². The molecule has 2 fully saturated rings. The molecule has 2 N–H and O–H groups in total. The first kappa shape index (κ1) is 28.6. The first-order chi connectivity index (χ1) is 18.5. The smallest absolute Gasteiger partial charge is 0.360 e. The zero-order valence-electron chi connectivity index (χ0n) is 20.8. The summed E-state index contributed by atoms with van der Waals surface area (Å²) in [4.78, 5) is 41.8. The molecule has 1 saturated carbocycles. The molecule has 2 amide bonds. The third-order valence-electron chi connectivity index (χ3n) is 7.05. The van der Waals surface area contributed by atoms with Crippen LogP contribution in [0.4, 0.5) is 18.9 Å². The number of amides is 2. The second-order valence-corrected chi connectivity index (χ2v) is 11.3. The highest BCUT2D eigenvalue weighted by molar-refractivity contribution is 7.90. The van der Waals surface area contributed by atoms with Crippen molar-refractivity contribution in [2.45, 2.75) is 55.6 Å². The van der Waals surface area contributed by atoms with Crippen LogP contribution in [-0.2, 0) is 24.4 Å². The van der Waals surface area contributed by atoms with E-state index in [4.69, 9.17) is 0 Å². The largest absolute Gasteiger partial charge is 0.492 e. The molecule has 39 heavy (non-hydrogen) atoms. The molecule has 1 heterocycles. The molecule has 210 valence electrons. The van der Waals surface area contributed by atoms with Gasteiger partial charge in [0.2, 0.25) is 5.91 Å². The van der Waals surface area contributed by atoms with E-state index in [1.54, 1.807) is 6.07 Å². The van der Waals surface area contributed by atoms with Crippen molar-refractivity contribution in [2.24, 2.45) is 11.8 Å². The molecule has 1 saturated heterocycles. The van der Waals surface area contributed by atoms with Crippen LogP contribution < -0.4 is 10.0 Å². The minimum atomic E-state index is -5.20. The zero-order chi connectivity index (χ0) is 28.2. The lowest BCUT2D eigenvalue weighted by molar-refractivity contribution is -0.241. The van der Waals surface area contributed by atoms with E-state index in [1.807, 2.05) is 4.72 Å². The normalized spacial score (nSPS) is 20.8. The number of carbonyl (C=O) groups is 3. The highest BCUT2D eigenvalue weighted by Crippen LogP contribution is 2.40. The van der Waals surface area contributed by atoms with Crippen LogP contribution in [-0.4, -0.2) is 50.0 Å². The third kappa shape index (κ3) is 6.95. The quantitative estimate of drug-likeness (QED) is 0.518. The van der Waals surface area contributed by atoms with E-state index in [0.29, 0.717) is 6.42 Å². The van der Waals surface area contributed by atoms with Crippen molar-refractivity contribution in [1.29, 1.82) is 0 Å². The van der Waals surface area contributed by atoms with Gasteiger partial charge >= 0.3 is 12.1 Å². The van der Waals surface area contributed by atoms with Crippen LogP contribution in [0.2, 0.25) is 0 Å². The number of hydrogen-bond donors (Lipinski definition) is 2. The number of carbonyl (C=O) groups excluding carboxylic acids is 3. The highest BCUT2D eigenvalue weighted by atomic mass is 32.2. The summed E-state index contributed by atoms with van der Waals surface area (Å²) in [6.07, 6.45) is -0.143. The molecule has 0 spiro atoms. The monoisotopic (exact) mass is 567 g/mol. The number of sulfonamides is 1. The highest BCUT2D eigenvalue weighted by Gasteiger charge is 2.49. The van der Waals surface area contributed by atoms with Crippen molar-refractivity contribution in [3.63, 3.8) is 0 Å². The molecule has 0 aromatic heterocycles. The van der Waals surface area contributed by atoms with Crippen molar-refractivity contribution in [2.75, 3.05) is 11.9 Å². The molecular formula is C26H28F3N3O6S. The number of anilines is 1. The minimum Gasteiger partial charge on any atom is -0.360 e. The van der Waals surface area contributed by atoms with Gasteiger partial charge in [-0.3, -0.25) is 9.59 Å². The standard InChI is InChI=1S/C26H28F3N3O6S/c27-26(28,29)25(35)38-32-16-15-21(17-7-3-1-4-8-17)22(32)24(34)30-19-13-11-18(12-14-19)23(33)31-39(36,37)20-9-5-2-6-10-20/h2,5-6,9-14,17,21-22H,1,3-4,7-8,15-16H2,(H,30,34)(H,31,33)/t21-,22-/m0/s1. The molecule has 2 aromatic rings. The van der Waals surface area contributed by atoms with Crippen LogP contribution in [0.3, 0.4) is 0 Å². The second-order valence-electron chi connectivity index (χ2n) is 9.63. The molecule has 13 heteroatoms. The van der Waals surface area contributed by atoms with Crippen LogP contribution in [0, 0.1) is 11.8 Å². The van der Waals surface area contributed by atoms with E-state index < -0.39 is 40.0 Å². The predicted molar refractivity (Wildman–Crippen MR) is 133 cm³/mol. The molecule has 0 bridgehead atoms. The summed E-state index contributed by atoms with van der Waals surface area (Å²) in [5.74, 6) is -4.08. The van der Waals surface area contributed by atoms with Gasteiger partial charge in [-0.2, -0.15) is 13.2 Å². The Morgan fingerprint density at radius 3 is 2.15 bits per heavy atom. The maximum Gasteiger partial charge on any atom is 0.492 e. The maximum absolute atomic E-state index is 13.3. The molecular weight excluding hydrogens is 539 g/mol. The van der Waals surface area contributed by atoms with Gasteiger partial charge in [-0.1, -0.05) is 50.3 Å². The molecule has 2 atom stereocenters. The van der Waals surface area contributed by atoms with Gasteiger partial charge < -0.3 is 10.2 Å². The van der Waals surface area contributed by atoms with Gasteiger partial charge in [0.1, 0.15) is 6.04 Å². The van der Waals surface area contributed by atoms with E-state index in [2.05, 4.69) is 10.2 Å². The molecule has 1 aliphatic carbocycles. The van der Waals surface area contributed by atoms with E-state index in [0.717, 1.165) is 37.2 Å². The van der Waals surface area contributed by atoms with Crippen LogP contribution >= 0.6 is 0 Å². The number of benzene rings is 2. The average molecular weight is 568 g/mol. The van der Waals surface area contributed by atoms with Gasteiger partial charge in [0.05, 0.1) is 4.90 Å². The van der Waals surface area contributed by atoms with Crippen molar-refractivity contribution >= 4 is 33.5 Å². The third-order valence-corrected chi connectivity index (χ3v) is 8.40. The lowest BCUT2D eigenvalue weighted by Crippen LogP contribution is -2.47. The Morgan fingerprint density at radius 2 is 1.54 bits per heavy atom. The molecule has 0 radical (unpaired) electrons. The number of hydroxylamine groups is 2. The summed E-state index contributed by atoms with van der Waals surface area (Å²) in [5, 5.41) is 3.45. The summed E-state index contributed by atoms with van der Waals surface area (Å²) >= 11 is 0. The first-order valence-corrected chi connectivity index (χ1v) is 14.0. The van der Waals surface area contributed by atoms with E-state index in [1.165, 1.54) is 48.5 Å². The fraction of sp³-hybridized carbons (Fsp3) is 0.423. The van der Waals surface area contributed by atoms with E-state index >= 15 is 0 Å². The van der Waals surface area contributed by atoms with Crippen LogP contribution in [0.25, 0.3) is 0 Å². The van der Waals surface area contributed by atoms with Gasteiger partial charge in [0, 0.05) is 17.8 Å². The Bertz CT molecular complexity index is 1300. The Morgan fingerprint density at radius 1 is 0.897 bits per heavy atom. The van der Waals surface area contributed by atoms with E-state index in [-0.39, 0.29) is 34.5 Å². The topological polar surface area (TPSA) is 122 Å². The lowest BCUT2D eigenvalue weighted by atomic mass is 9.76. The van der Waals surface area contributed by atoms with Crippen LogP contribution in [0.1, 0.15) is 48.9 Å². The van der Waals surface area contributed by atoms with Gasteiger partial charge in [0.25, 0.3) is 15.9 Å². The summed E-state index contributed by atoms with van der Waals surface area (Å²) in [5.41, 5.74) is 0.244. The molecule has 0 unspecified atom stereocenters. The molecule has 1 aliphatic heterocycles. The Hall–Kier alpha value is -3.45. The van der Waals surface area contributed by atoms with E-state index in [9.17, 15) is 36.0 Å². The number of hydrogen-bond acceptors (Lipinski definition) is 7. The second kappa shape index (κ2) is 11.7.